The topological polar surface area (TPSA) is 21.3 Å². The van der Waals surface area contributed by atoms with Gasteiger partial charge in [0, 0.05) is 29.9 Å². The molecule has 2 nitrogen and oxygen atoms in total. The molecule has 0 saturated carbocycles. The zero-order valence-corrected chi connectivity index (χ0v) is 11.6. The lowest BCUT2D eigenvalue weighted by atomic mass is 10.2. The predicted octanol–water partition coefficient (Wildman–Crippen LogP) is 3.33. The number of rotatable bonds is 4. The molecule has 0 aromatic heterocycles. The van der Waals surface area contributed by atoms with Crippen LogP contribution in [0.3, 0.4) is 0 Å². The molecule has 0 aliphatic carbocycles. The normalized spacial score (nSPS) is 17.3. The van der Waals surface area contributed by atoms with E-state index in [0.29, 0.717) is 5.25 Å². The summed E-state index contributed by atoms with van der Waals surface area (Å²) in [6, 6.07) is 6.33. The van der Waals surface area contributed by atoms with Crippen molar-refractivity contribution in [3.05, 3.63) is 28.8 Å². The molecule has 2 rings (SSSR count). The second-order valence-electron chi connectivity index (χ2n) is 4.22. The van der Waals surface area contributed by atoms with E-state index in [4.69, 9.17) is 16.3 Å². The van der Waals surface area contributed by atoms with Crippen molar-refractivity contribution in [2.24, 2.45) is 0 Å². The minimum Gasteiger partial charge on any atom is -0.381 e. The highest BCUT2D eigenvalue weighted by Crippen LogP contribution is 2.34. The van der Waals surface area contributed by atoms with Crippen LogP contribution in [0.15, 0.2) is 23.1 Å². The summed E-state index contributed by atoms with van der Waals surface area (Å²) < 4.78 is 5.36. The molecule has 1 aromatic rings. The van der Waals surface area contributed by atoms with Crippen LogP contribution in [0.5, 0.6) is 0 Å². The number of nitrogens with one attached hydrogen (secondary N) is 1. The van der Waals surface area contributed by atoms with Crippen LogP contribution in [0.25, 0.3) is 0 Å². The molecule has 0 bridgehead atoms. The fourth-order valence-corrected chi connectivity index (χ4v) is 3.37. The Morgan fingerprint density at radius 3 is 2.82 bits per heavy atom. The van der Waals surface area contributed by atoms with E-state index in [1.807, 2.05) is 18.8 Å². The van der Waals surface area contributed by atoms with E-state index in [0.717, 1.165) is 37.6 Å². The lowest BCUT2D eigenvalue weighted by Crippen LogP contribution is -2.17. The van der Waals surface area contributed by atoms with Crippen LogP contribution in [0.1, 0.15) is 18.4 Å². The Labute approximate surface area is 112 Å². The molecule has 1 saturated heterocycles. The summed E-state index contributed by atoms with van der Waals surface area (Å²) in [5.41, 5.74) is 1.23. The first-order valence-electron chi connectivity index (χ1n) is 5.97. The van der Waals surface area contributed by atoms with Gasteiger partial charge < -0.3 is 10.1 Å². The molecule has 1 aromatic carbocycles. The molecule has 0 atom stereocenters. The highest BCUT2D eigenvalue weighted by Gasteiger charge is 2.16. The van der Waals surface area contributed by atoms with Gasteiger partial charge in [-0.15, -0.1) is 11.8 Å². The standard InChI is InChI=1S/C13H18ClNOS/c1-15-9-10-2-3-13(12(14)8-10)17-11-4-6-16-7-5-11/h2-3,8,11,15H,4-7,9H2,1H3. The van der Waals surface area contributed by atoms with Crippen LogP contribution < -0.4 is 5.32 Å². The van der Waals surface area contributed by atoms with Crippen molar-refractivity contribution in [3.8, 4) is 0 Å². The molecule has 1 fully saturated rings. The number of thioether (sulfide) groups is 1. The van der Waals surface area contributed by atoms with Crippen LogP contribution in [0, 0.1) is 0 Å². The molecule has 94 valence electrons. The van der Waals surface area contributed by atoms with Crippen LogP contribution in [0.2, 0.25) is 5.02 Å². The number of ether oxygens (including phenoxy) is 1. The van der Waals surface area contributed by atoms with Gasteiger partial charge in [0.25, 0.3) is 0 Å². The molecule has 1 N–H and O–H groups in total. The van der Waals surface area contributed by atoms with E-state index < -0.39 is 0 Å². The van der Waals surface area contributed by atoms with Crippen molar-refractivity contribution in [1.82, 2.24) is 5.32 Å². The van der Waals surface area contributed by atoms with Gasteiger partial charge in [-0.1, -0.05) is 17.7 Å². The molecule has 0 unspecified atom stereocenters. The van der Waals surface area contributed by atoms with E-state index in [9.17, 15) is 0 Å². The lowest BCUT2D eigenvalue weighted by Gasteiger charge is -2.22. The summed E-state index contributed by atoms with van der Waals surface area (Å²) in [7, 11) is 1.94. The molecule has 4 heteroatoms. The minimum atomic E-state index is 0.649. The average molecular weight is 272 g/mol. The van der Waals surface area contributed by atoms with Crippen molar-refractivity contribution in [2.45, 2.75) is 29.5 Å². The van der Waals surface area contributed by atoms with Gasteiger partial charge in [-0.3, -0.25) is 0 Å². The maximum Gasteiger partial charge on any atom is 0.0545 e. The fraction of sp³-hybridized carbons (Fsp3) is 0.538. The predicted molar refractivity (Wildman–Crippen MR) is 73.9 cm³/mol. The first-order valence-corrected chi connectivity index (χ1v) is 7.23. The maximum absolute atomic E-state index is 6.30. The van der Waals surface area contributed by atoms with Gasteiger partial charge >= 0.3 is 0 Å². The van der Waals surface area contributed by atoms with Crippen molar-refractivity contribution in [3.63, 3.8) is 0 Å². The quantitative estimate of drug-likeness (QED) is 0.908. The molecule has 17 heavy (non-hydrogen) atoms. The Hall–Kier alpha value is -0.220. The van der Waals surface area contributed by atoms with Crippen LogP contribution >= 0.6 is 23.4 Å². The van der Waals surface area contributed by atoms with E-state index >= 15 is 0 Å². The molecule has 1 aliphatic heterocycles. The van der Waals surface area contributed by atoms with Gasteiger partial charge in [0.1, 0.15) is 0 Å². The molecule has 1 aliphatic rings. The molecule has 1 heterocycles. The van der Waals surface area contributed by atoms with Gasteiger partial charge in [0.15, 0.2) is 0 Å². The number of benzene rings is 1. The Morgan fingerprint density at radius 1 is 1.41 bits per heavy atom. The van der Waals surface area contributed by atoms with Crippen LogP contribution in [-0.4, -0.2) is 25.5 Å². The Bertz CT molecular complexity index is 366. The highest BCUT2D eigenvalue weighted by atomic mass is 35.5. The molecule has 0 amide bonds. The third-order valence-corrected chi connectivity index (χ3v) is 4.68. The highest BCUT2D eigenvalue weighted by molar-refractivity contribution is 8.00. The Morgan fingerprint density at radius 2 is 2.18 bits per heavy atom. The summed E-state index contributed by atoms with van der Waals surface area (Å²) in [5, 5.41) is 4.65. The van der Waals surface area contributed by atoms with E-state index in [1.165, 1.54) is 10.5 Å². The van der Waals surface area contributed by atoms with E-state index in [-0.39, 0.29) is 0 Å². The van der Waals surface area contributed by atoms with Crippen molar-refractivity contribution >= 4 is 23.4 Å². The van der Waals surface area contributed by atoms with Gasteiger partial charge in [0.2, 0.25) is 0 Å². The Kier molecular flexibility index (Phi) is 5.16. The number of halogens is 1. The van der Waals surface area contributed by atoms with Crippen molar-refractivity contribution in [2.75, 3.05) is 20.3 Å². The summed E-state index contributed by atoms with van der Waals surface area (Å²) in [5.74, 6) is 0. The molecule has 0 spiro atoms. The van der Waals surface area contributed by atoms with Gasteiger partial charge in [-0.25, -0.2) is 0 Å². The SMILES string of the molecule is CNCc1ccc(SC2CCOCC2)c(Cl)c1. The lowest BCUT2D eigenvalue weighted by molar-refractivity contribution is 0.100. The summed E-state index contributed by atoms with van der Waals surface area (Å²) in [4.78, 5) is 1.19. The van der Waals surface area contributed by atoms with Crippen LogP contribution in [-0.2, 0) is 11.3 Å². The van der Waals surface area contributed by atoms with E-state index in [2.05, 4.69) is 23.5 Å². The van der Waals surface area contributed by atoms with Crippen molar-refractivity contribution in [1.29, 1.82) is 0 Å². The monoisotopic (exact) mass is 271 g/mol. The minimum absolute atomic E-state index is 0.649. The molecular weight excluding hydrogens is 254 g/mol. The van der Waals surface area contributed by atoms with Crippen LogP contribution in [0.4, 0.5) is 0 Å². The smallest absolute Gasteiger partial charge is 0.0545 e. The number of hydrogen-bond acceptors (Lipinski definition) is 3. The third kappa shape index (κ3) is 3.88. The first-order chi connectivity index (χ1) is 8.29. The Balaban J connectivity index is 2.00. The van der Waals surface area contributed by atoms with E-state index in [1.54, 1.807) is 0 Å². The summed E-state index contributed by atoms with van der Waals surface area (Å²) in [6.45, 7) is 2.63. The zero-order chi connectivity index (χ0) is 12.1. The average Bonchev–Trinajstić information content (AvgIpc) is 2.34. The second kappa shape index (κ2) is 6.64. The largest absolute Gasteiger partial charge is 0.381 e. The zero-order valence-electron chi connectivity index (χ0n) is 10.0. The van der Waals surface area contributed by atoms with Gasteiger partial charge in [-0.05, 0) is 37.6 Å². The molecular formula is C13H18ClNOS. The number of hydrogen-bond donors (Lipinski definition) is 1. The maximum atomic E-state index is 6.30. The molecule has 0 radical (unpaired) electrons. The first kappa shape index (κ1) is 13.2. The second-order valence-corrected chi connectivity index (χ2v) is 5.97. The summed E-state index contributed by atoms with van der Waals surface area (Å²) >= 11 is 8.19. The summed E-state index contributed by atoms with van der Waals surface area (Å²) in [6.07, 6.45) is 2.25. The third-order valence-electron chi connectivity index (χ3n) is 2.84. The van der Waals surface area contributed by atoms with Gasteiger partial charge in [-0.2, -0.15) is 0 Å². The fourth-order valence-electron chi connectivity index (χ4n) is 1.93. The van der Waals surface area contributed by atoms with Crippen molar-refractivity contribution < 1.29 is 4.74 Å². The van der Waals surface area contributed by atoms with Gasteiger partial charge in [0.05, 0.1) is 5.02 Å².